The maximum atomic E-state index is 12.7. The number of aryl methyl sites for hydroxylation is 3. The van der Waals surface area contributed by atoms with E-state index in [1.807, 2.05) is 32.9 Å². The summed E-state index contributed by atoms with van der Waals surface area (Å²) >= 11 is 0. The molecule has 0 radical (unpaired) electrons. The summed E-state index contributed by atoms with van der Waals surface area (Å²) in [6, 6.07) is 9.54. The van der Waals surface area contributed by atoms with Crippen LogP contribution >= 0.6 is 0 Å². The number of hydrogen-bond acceptors (Lipinski definition) is 5. The number of rotatable bonds is 5. The smallest absolute Gasteiger partial charge is 0.263 e. The maximum absolute atomic E-state index is 12.7. The van der Waals surface area contributed by atoms with E-state index in [-0.39, 0.29) is 23.2 Å². The van der Waals surface area contributed by atoms with Crippen molar-refractivity contribution >= 4 is 33.4 Å². The number of sulfonamides is 1. The minimum Gasteiger partial charge on any atom is -0.335 e. The number of fused-ring (bicyclic) bond motifs is 1. The number of likely N-dealkylation sites (N-methyl/N-ethyl adjacent to an activating group) is 1. The van der Waals surface area contributed by atoms with Crippen molar-refractivity contribution in [1.29, 1.82) is 0 Å². The monoisotopic (exact) mass is 442 g/mol. The number of nitrogens with one attached hydrogen (secondary N) is 2. The summed E-state index contributed by atoms with van der Waals surface area (Å²) in [5.41, 5.74) is 4.17. The summed E-state index contributed by atoms with van der Waals surface area (Å²) < 4.78 is 26.8. The van der Waals surface area contributed by atoms with Gasteiger partial charge in [0.15, 0.2) is 0 Å². The van der Waals surface area contributed by atoms with Crippen molar-refractivity contribution in [3.8, 4) is 0 Å². The summed E-state index contributed by atoms with van der Waals surface area (Å²) in [5, 5.41) is 2.87. The summed E-state index contributed by atoms with van der Waals surface area (Å²) in [6.45, 7) is 7.24. The molecule has 0 aromatic heterocycles. The first kappa shape index (κ1) is 22.5. The second-order valence-corrected chi connectivity index (χ2v) is 9.42. The zero-order chi connectivity index (χ0) is 22.9. The lowest BCUT2D eigenvalue weighted by atomic mass is 10.1. The van der Waals surface area contributed by atoms with Crippen molar-refractivity contribution in [3.05, 3.63) is 58.7 Å². The molecule has 164 valence electrons. The van der Waals surface area contributed by atoms with Gasteiger partial charge in [0.25, 0.3) is 10.0 Å². The molecular formula is C22H26N4O4S. The number of benzene rings is 2. The average molecular weight is 443 g/mol. The average Bonchev–Trinajstić information content (AvgIpc) is 2.94. The molecule has 0 fully saturated rings. The maximum Gasteiger partial charge on any atom is 0.263 e. The van der Waals surface area contributed by atoms with Gasteiger partial charge in [0.05, 0.1) is 11.4 Å². The van der Waals surface area contributed by atoms with Crippen molar-refractivity contribution in [2.75, 3.05) is 18.9 Å². The standard InChI is InChI=1S/C22H26N4O4S/c1-13-10-14(2)20(15(3)11-13)24-19(27)12-26(5)22(28)16(4)23-21-17-8-6-7-9-18(17)31(29,30)25-21/h6-11,16H,12H2,1-5H3,(H,23,25)(H,24,27)/t16-/m0/s1. The first-order chi connectivity index (χ1) is 14.5. The quantitative estimate of drug-likeness (QED) is 0.740. The molecular weight excluding hydrogens is 416 g/mol. The SMILES string of the molecule is Cc1cc(C)c(NC(=O)CN(C)C(=O)[C@H](C)N=C2NS(=O)(=O)c3ccccc32)c(C)c1. The zero-order valence-corrected chi connectivity index (χ0v) is 19.0. The van der Waals surface area contributed by atoms with Gasteiger partial charge in [0.1, 0.15) is 11.9 Å². The Morgan fingerprint density at radius 2 is 1.74 bits per heavy atom. The molecule has 0 spiro atoms. The van der Waals surface area contributed by atoms with Crippen LogP contribution in [-0.4, -0.2) is 50.6 Å². The van der Waals surface area contributed by atoms with E-state index in [0.717, 1.165) is 22.4 Å². The predicted octanol–water partition coefficient (Wildman–Crippen LogP) is 2.14. The van der Waals surface area contributed by atoms with Crippen LogP contribution in [0.4, 0.5) is 5.69 Å². The van der Waals surface area contributed by atoms with Crippen molar-refractivity contribution in [1.82, 2.24) is 9.62 Å². The molecule has 1 atom stereocenters. The molecule has 0 aliphatic carbocycles. The summed E-state index contributed by atoms with van der Waals surface area (Å²) in [7, 11) is -2.17. The number of carbonyl (C=O) groups excluding carboxylic acids is 2. The van der Waals surface area contributed by atoms with Gasteiger partial charge in [-0.3, -0.25) is 19.3 Å². The fourth-order valence-corrected chi connectivity index (χ4v) is 4.89. The van der Waals surface area contributed by atoms with Gasteiger partial charge < -0.3 is 10.2 Å². The van der Waals surface area contributed by atoms with Gasteiger partial charge in [0, 0.05) is 18.3 Å². The Labute approximate surface area is 182 Å². The lowest BCUT2D eigenvalue weighted by Crippen LogP contribution is -2.40. The van der Waals surface area contributed by atoms with Crippen molar-refractivity contribution in [3.63, 3.8) is 0 Å². The minimum atomic E-state index is -3.68. The summed E-state index contributed by atoms with van der Waals surface area (Å²) in [6.07, 6.45) is 0. The van der Waals surface area contributed by atoms with Crippen LogP contribution in [0.5, 0.6) is 0 Å². The molecule has 0 bridgehead atoms. The molecule has 9 heteroatoms. The van der Waals surface area contributed by atoms with Crippen LogP contribution in [0.3, 0.4) is 0 Å². The normalized spacial score (nSPS) is 16.4. The van der Waals surface area contributed by atoms with Crippen LogP contribution in [0.25, 0.3) is 0 Å². The Morgan fingerprint density at radius 3 is 2.39 bits per heavy atom. The highest BCUT2D eigenvalue weighted by molar-refractivity contribution is 7.90. The number of anilines is 1. The predicted molar refractivity (Wildman–Crippen MR) is 120 cm³/mol. The topological polar surface area (TPSA) is 108 Å². The Bertz CT molecular complexity index is 1160. The fraction of sp³-hybridized carbons (Fsp3) is 0.318. The molecule has 3 rings (SSSR count). The minimum absolute atomic E-state index is 0.125. The van der Waals surface area contributed by atoms with E-state index in [1.54, 1.807) is 25.1 Å². The van der Waals surface area contributed by atoms with Gasteiger partial charge in [-0.05, 0) is 51.0 Å². The van der Waals surface area contributed by atoms with E-state index in [2.05, 4.69) is 15.0 Å². The van der Waals surface area contributed by atoms with E-state index in [4.69, 9.17) is 0 Å². The third-order valence-electron chi connectivity index (χ3n) is 5.04. The van der Waals surface area contributed by atoms with Gasteiger partial charge in [-0.1, -0.05) is 29.8 Å². The highest BCUT2D eigenvalue weighted by atomic mass is 32.2. The third-order valence-corrected chi connectivity index (χ3v) is 6.44. The number of carbonyl (C=O) groups is 2. The van der Waals surface area contributed by atoms with E-state index in [0.29, 0.717) is 5.56 Å². The van der Waals surface area contributed by atoms with Gasteiger partial charge in [-0.2, -0.15) is 0 Å². The molecule has 1 heterocycles. The highest BCUT2D eigenvalue weighted by Crippen LogP contribution is 2.23. The van der Waals surface area contributed by atoms with Crippen molar-refractivity contribution < 1.29 is 18.0 Å². The van der Waals surface area contributed by atoms with Crippen molar-refractivity contribution in [2.24, 2.45) is 4.99 Å². The van der Waals surface area contributed by atoms with E-state index < -0.39 is 22.0 Å². The van der Waals surface area contributed by atoms with E-state index >= 15 is 0 Å². The molecule has 1 aliphatic heterocycles. The third kappa shape index (κ3) is 4.77. The Kier molecular flexibility index (Phi) is 6.17. The second-order valence-electron chi connectivity index (χ2n) is 7.77. The van der Waals surface area contributed by atoms with Crippen LogP contribution in [0, 0.1) is 20.8 Å². The van der Waals surface area contributed by atoms with Gasteiger partial charge in [-0.25, -0.2) is 8.42 Å². The van der Waals surface area contributed by atoms with Gasteiger partial charge >= 0.3 is 0 Å². The molecule has 2 N–H and O–H groups in total. The molecule has 2 amide bonds. The number of amidine groups is 1. The first-order valence-corrected chi connectivity index (χ1v) is 11.3. The van der Waals surface area contributed by atoms with E-state index in [9.17, 15) is 18.0 Å². The van der Waals surface area contributed by atoms with Crippen LogP contribution in [0.15, 0.2) is 46.3 Å². The lowest BCUT2D eigenvalue weighted by Gasteiger charge is -2.20. The lowest BCUT2D eigenvalue weighted by molar-refractivity contribution is -0.134. The molecule has 1 aliphatic rings. The molecule has 0 saturated heterocycles. The van der Waals surface area contributed by atoms with Crippen LogP contribution in [0.2, 0.25) is 0 Å². The molecule has 0 saturated carbocycles. The molecule has 2 aromatic carbocycles. The fourth-order valence-electron chi connectivity index (χ4n) is 3.65. The zero-order valence-electron chi connectivity index (χ0n) is 18.2. The Balaban J connectivity index is 1.69. The molecule has 2 aromatic rings. The second kappa shape index (κ2) is 8.50. The van der Waals surface area contributed by atoms with Crippen LogP contribution in [0.1, 0.15) is 29.2 Å². The highest BCUT2D eigenvalue weighted by Gasteiger charge is 2.31. The molecule has 31 heavy (non-hydrogen) atoms. The number of nitrogens with zero attached hydrogens (tertiary/aromatic N) is 2. The largest absolute Gasteiger partial charge is 0.335 e. The first-order valence-electron chi connectivity index (χ1n) is 9.82. The number of aliphatic imine (C=N–C) groups is 1. The van der Waals surface area contributed by atoms with Crippen LogP contribution < -0.4 is 10.0 Å². The Hall–Kier alpha value is -3.20. The van der Waals surface area contributed by atoms with Crippen LogP contribution in [-0.2, 0) is 19.6 Å². The van der Waals surface area contributed by atoms with E-state index in [1.165, 1.54) is 18.0 Å². The van der Waals surface area contributed by atoms with Gasteiger partial charge in [0.2, 0.25) is 11.8 Å². The number of amides is 2. The Morgan fingerprint density at radius 1 is 1.13 bits per heavy atom. The number of hydrogen-bond donors (Lipinski definition) is 2. The molecule has 8 nitrogen and oxygen atoms in total. The van der Waals surface area contributed by atoms with Crippen molar-refractivity contribution in [2.45, 2.75) is 38.6 Å². The molecule has 0 unspecified atom stereocenters. The summed E-state index contributed by atoms with van der Waals surface area (Å²) in [4.78, 5) is 30.9. The van der Waals surface area contributed by atoms with Gasteiger partial charge in [-0.15, -0.1) is 0 Å². The summed E-state index contributed by atoms with van der Waals surface area (Å²) in [5.74, 6) is -0.596.